The Bertz CT molecular complexity index is 2170. The molecule has 2 aromatic carbocycles. The third-order valence-corrected chi connectivity index (χ3v) is 10.4. The van der Waals surface area contributed by atoms with Crippen LogP contribution in [-0.4, -0.2) is 109 Å². The first-order valence-electron chi connectivity index (χ1n) is 18.4. The van der Waals surface area contributed by atoms with Gasteiger partial charge in [0.1, 0.15) is 12.1 Å². The molecule has 4 N–H and O–H groups in total. The van der Waals surface area contributed by atoms with E-state index in [0.717, 1.165) is 28.4 Å². The number of nitrogens with one attached hydrogen (secondary N) is 1. The fraction of sp³-hybridized carbons (Fsp3) is 0.410. The van der Waals surface area contributed by atoms with Crippen LogP contribution in [0.25, 0.3) is 10.1 Å². The van der Waals surface area contributed by atoms with E-state index in [1.165, 1.54) is 38.2 Å². The first kappa shape index (κ1) is 44.0. The fourth-order valence-electron chi connectivity index (χ4n) is 6.30. The van der Waals surface area contributed by atoms with Crippen molar-refractivity contribution < 1.29 is 71.1 Å². The van der Waals surface area contributed by atoms with E-state index in [2.05, 4.69) is 5.32 Å². The van der Waals surface area contributed by atoms with Gasteiger partial charge in [0.05, 0.1) is 51.7 Å². The number of carboxylic acids is 1. The lowest BCUT2D eigenvalue weighted by atomic mass is 10.1. The molecule has 316 valence electrons. The molecule has 2 aliphatic rings. The Balaban J connectivity index is 1.11. The molecular formula is C39H42F2N4O13S. The molecule has 2 atom stereocenters. The molecule has 1 aromatic heterocycles. The van der Waals surface area contributed by atoms with Crippen molar-refractivity contribution >= 4 is 62.8 Å². The molecule has 0 saturated heterocycles. The molecule has 3 aromatic rings. The number of carbonyl (C=O) groups excluding carboxylic acids is 6. The fourth-order valence-corrected chi connectivity index (χ4v) is 7.35. The van der Waals surface area contributed by atoms with E-state index in [1.54, 1.807) is 6.07 Å². The summed E-state index contributed by atoms with van der Waals surface area (Å²) >= 11 is 0.994. The van der Waals surface area contributed by atoms with Gasteiger partial charge in [0.15, 0.2) is 40.4 Å². The summed E-state index contributed by atoms with van der Waals surface area (Å²) in [5.74, 6) is -6.50. The van der Waals surface area contributed by atoms with Crippen LogP contribution < -0.4 is 30.0 Å². The van der Waals surface area contributed by atoms with Crippen molar-refractivity contribution in [3.63, 3.8) is 0 Å². The van der Waals surface area contributed by atoms with Crippen molar-refractivity contribution in [2.75, 3.05) is 40.5 Å². The quantitative estimate of drug-likeness (QED) is 0.0606. The zero-order valence-electron chi connectivity index (χ0n) is 32.3. The highest BCUT2D eigenvalue weighted by atomic mass is 32.1. The Morgan fingerprint density at radius 2 is 1.54 bits per heavy atom. The van der Waals surface area contributed by atoms with Crippen LogP contribution in [0.15, 0.2) is 30.4 Å². The third kappa shape index (κ3) is 10.3. The van der Waals surface area contributed by atoms with Crippen molar-refractivity contribution in [3.8, 4) is 23.0 Å². The number of ether oxygens (including phenoxy) is 5. The number of thiophene rings is 1. The molecule has 20 heteroatoms. The number of ketones is 1. The van der Waals surface area contributed by atoms with Crippen molar-refractivity contribution in [2.45, 2.75) is 64.3 Å². The largest absolute Gasteiger partial charge is 0.493 e. The summed E-state index contributed by atoms with van der Waals surface area (Å²) in [7, 11) is 2.66. The second kappa shape index (κ2) is 19.5. The normalized spacial score (nSPS) is 14.3. The predicted molar refractivity (Wildman–Crippen MR) is 204 cm³/mol. The average molecular weight is 845 g/mol. The van der Waals surface area contributed by atoms with Gasteiger partial charge in [-0.2, -0.15) is 0 Å². The van der Waals surface area contributed by atoms with E-state index in [0.29, 0.717) is 10.3 Å². The first-order valence-corrected chi connectivity index (χ1v) is 19.2. The molecule has 0 radical (unpaired) electrons. The number of imide groups is 1. The first-order chi connectivity index (χ1) is 28.2. The van der Waals surface area contributed by atoms with E-state index in [1.807, 2.05) is 0 Å². The van der Waals surface area contributed by atoms with Crippen molar-refractivity contribution in [1.29, 1.82) is 0 Å². The van der Waals surface area contributed by atoms with Crippen LogP contribution in [0.2, 0.25) is 0 Å². The van der Waals surface area contributed by atoms with E-state index in [4.69, 9.17) is 34.5 Å². The van der Waals surface area contributed by atoms with Gasteiger partial charge in [-0.15, -0.1) is 11.3 Å². The molecule has 2 aliphatic heterocycles. The molecule has 5 rings (SSSR count). The van der Waals surface area contributed by atoms with Crippen LogP contribution in [0.4, 0.5) is 8.78 Å². The highest BCUT2D eigenvalue weighted by Crippen LogP contribution is 2.41. The summed E-state index contributed by atoms with van der Waals surface area (Å²) in [6.45, 7) is 0.923. The van der Waals surface area contributed by atoms with Crippen LogP contribution in [0.1, 0.15) is 59.8 Å². The van der Waals surface area contributed by atoms with Gasteiger partial charge in [0, 0.05) is 72.8 Å². The van der Waals surface area contributed by atoms with Crippen molar-refractivity contribution in [3.05, 3.63) is 58.0 Å². The molecular weight excluding hydrogens is 803 g/mol. The van der Waals surface area contributed by atoms with Gasteiger partial charge in [-0.3, -0.25) is 38.5 Å². The number of carboxylic acid groups (broad SMARTS) is 1. The number of hydrogen-bond donors (Lipinski definition) is 3. The zero-order chi connectivity index (χ0) is 43.0. The Labute approximate surface area is 339 Å². The van der Waals surface area contributed by atoms with E-state index < -0.39 is 65.1 Å². The van der Waals surface area contributed by atoms with Gasteiger partial charge in [0.2, 0.25) is 11.8 Å². The van der Waals surface area contributed by atoms with Crippen LogP contribution in [0.5, 0.6) is 23.0 Å². The lowest BCUT2D eigenvalue weighted by Gasteiger charge is -2.24. The topological polar surface area (TPSA) is 230 Å². The number of nitrogens with two attached hydrogens (primary N) is 1. The number of methoxy groups -OCH3 is 2. The molecule has 0 unspecified atom stereocenters. The third-order valence-electron chi connectivity index (χ3n) is 9.31. The van der Waals surface area contributed by atoms with Crippen LogP contribution in [0.3, 0.4) is 0 Å². The zero-order valence-corrected chi connectivity index (χ0v) is 33.1. The lowest BCUT2D eigenvalue weighted by Crippen LogP contribution is -2.54. The van der Waals surface area contributed by atoms with Gasteiger partial charge in [0.25, 0.3) is 11.8 Å². The Kier molecular flexibility index (Phi) is 14.6. The Hall–Kier alpha value is -6.15. The maximum Gasteiger partial charge on any atom is 0.306 e. The minimum absolute atomic E-state index is 0.0546. The number of halogens is 2. The van der Waals surface area contributed by atoms with E-state index in [-0.39, 0.29) is 110 Å². The summed E-state index contributed by atoms with van der Waals surface area (Å²) in [6.07, 6.45) is 0.279. The molecule has 0 saturated carbocycles. The van der Waals surface area contributed by atoms with Crippen LogP contribution >= 0.6 is 11.3 Å². The molecule has 0 aliphatic carbocycles. The monoisotopic (exact) mass is 844 g/mol. The van der Waals surface area contributed by atoms with Gasteiger partial charge >= 0.3 is 11.9 Å². The van der Waals surface area contributed by atoms with Crippen molar-refractivity contribution in [2.24, 2.45) is 5.73 Å². The standard InChI is InChI=1S/C39H42F2N4O13S/c1-20(17-43-39(53)24(16-42)45-31(48)6-7-32(45)49)58-34(52)10-5-25(46)29-14-22-28(59-29)15-27(55-3)38(35(22)40)57-12-4-11-56-37-26(54-2)13-21-18-44(19-23(21)36(37)41)30(47)8-9-33(50)51/h6-7,13-15,20,24H,4-5,8-12,16-19,42H2,1-3H3,(H,43,53)(H,50,51)/t20-,24-/m0/s1. The lowest BCUT2D eigenvalue weighted by molar-refractivity contribution is -0.149. The van der Waals surface area contributed by atoms with E-state index >= 15 is 8.78 Å². The number of aliphatic carboxylic acids is 1. The smallest absolute Gasteiger partial charge is 0.306 e. The average Bonchev–Trinajstić information content (AvgIpc) is 3.94. The number of esters is 1. The minimum Gasteiger partial charge on any atom is -0.493 e. The number of carbonyl (C=O) groups is 7. The summed E-state index contributed by atoms with van der Waals surface area (Å²) < 4.78 is 59.1. The highest BCUT2D eigenvalue weighted by Gasteiger charge is 2.35. The second-order valence-corrected chi connectivity index (χ2v) is 14.5. The molecule has 0 fully saturated rings. The maximum absolute atomic E-state index is 15.8. The number of benzene rings is 2. The van der Waals surface area contributed by atoms with Crippen molar-refractivity contribution in [1.82, 2.24) is 15.1 Å². The Morgan fingerprint density at radius 3 is 2.17 bits per heavy atom. The number of fused-ring (bicyclic) bond motifs is 2. The number of nitrogens with zero attached hydrogens (tertiary/aromatic N) is 2. The van der Waals surface area contributed by atoms with E-state index in [9.17, 15) is 33.6 Å². The highest BCUT2D eigenvalue weighted by molar-refractivity contribution is 7.20. The van der Waals surface area contributed by atoms with Gasteiger partial charge in [-0.1, -0.05) is 0 Å². The number of amides is 4. The number of rotatable bonds is 21. The van der Waals surface area contributed by atoms with Gasteiger partial charge < -0.3 is 44.7 Å². The van der Waals surface area contributed by atoms with Gasteiger partial charge in [-0.25, -0.2) is 8.78 Å². The summed E-state index contributed by atoms with van der Waals surface area (Å²) in [5, 5.41) is 11.5. The molecule has 59 heavy (non-hydrogen) atoms. The molecule has 3 heterocycles. The molecule has 4 amide bonds. The number of hydrogen-bond acceptors (Lipinski definition) is 14. The number of Topliss-reactive ketones (excluding diaryl/α,β-unsaturated/α-hetero) is 1. The Morgan fingerprint density at radius 1 is 0.898 bits per heavy atom. The van der Waals surface area contributed by atoms with Crippen LogP contribution in [-0.2, 0) is 46.6 Å². The summed E-state index contributed by atoms with van der Waals surface area (Å²) in [4.78, 5) is 87.5. The van der Waals surface area contributed by atoms with Gasteiger partial charge in [-0.05, 0) is 24.6 Å². The SMILES string of the molecule is COc1cc2c(c(F)c1OCCCOc1c(OC)cc3sc(C(=O)CCC(=O)O[C@@H](C)CNC(=O)[C@H](CN)N4C(=O)C=CC4=O)cc3c1F)CN(C(=O)CCC(=O)O)C2. The molecule has 0 bridgehead atoms. The summed E-state index contributed by atoms with van der Waals surface area (Å²) in [5.41, 5.74) is 6.35. The summed E-state index contributed by atoms with van der Waals surface area (Å²) in [6, 6.07) is 3.18. The molecule has 17 nitrogen and oxygen atoms in total. The predicted octanol–water partition coefficient (Wildman–Crippen LogP) is 3.01. The molecule has 0 spiro atoms. The maximum atomic E-state index is 15.8. The second-order valence-electron chi connectivity index (χ2n) is 13.4. The van der Waals surface area contributed by atoms with Crippen LogP contribution in [0, 0.1) is 11.6 Å². The minimum atomic E-state index is -1.24.